The van der Waals surface area contributed by atoms with Gasteiger partial charge < -0.3 is 10.1 Å². The first kappa shape index (κ1) is 14.6. The second-order valence-electron chi connectivity index (χ2n) is 4.57. The van der Waals surface area contributed by atoms with Crippen molar-refractivity contribution in [3.63, 3.8) is 0 Å². The zero-order valence-electron chi connectivity index (χ0n) is 11.6. The fourth-order valence-electron chi connectivity index (χ4n) is 1.81. The summed E-state index contributed by atoms with van der Waals surface area (Å²) in [6.07, 6.45) is -0.0488. The lowest BCUT2D eigenvalue weighted by Gasteiger charge is -2.07. The molecule has 4 nitrogen and oxygen atoms in total. The molecule has 0 spiro atoms. The van der Waals surface area contributed by atoms with Crippen molar-refractivity contribution in [1.82, 2.24) is 5.32 Å². The number of amides is 1. The molecule has 2 rings (SSSR count). The smallest absolute Gasteiger partial charge is 0.407 e. The van der Waals surface area contributed by atoms with Crippen LogP contribution in [-0.4, -0.2) is 6.09 Å². The molecule has 0 heterocycles. The van der Waals surface area contributed by atoms with Crippen molar-refractivity contribution in [2.45, 2.75) is 19.6 Å². The molecule has 0 aliphatic carbocycles. The van der Waals surface area contributed by atoms with E-state index < -0.39 is 6.09 Å². The average Bonchev–Trinajstić information content (AvgIpc) is 2.53. The Morgan fingerprint density at radius 1 is 1.00 bits per heavy atom. The van der Waals surface area contributed by atoms with Crippen LogP contribution in [0, 0.1) is 11.3 Å². The quantitative estimate of drug-likeness (QED) is 0.915. The summed E-state index contributed by atoms with van der Waals surface area (Å²) < 4.78 is 5.12. The van der Waals surface area contributed by atoms with Gasteiger partial charge in [-0.2, -0.15) is 5.26 Å². The highest BCUT2D eigenvalue weighted by molar-refractivity contribution is 5.67. The summed E-state index contributed by atoms with van der Waals surface area (Å²) >= 11 is 0. The molecule has 21 heavy (non-hydrogen) atoms. The molecule has 0 aliphatic rings. The lowest BCUT2D eigenvalue weighted by Crippen LogP contribution is -2.23. The van der Waals surface area contributed by atoms with Gasteiger partial charge in [-0.1, -0.05) is 54.6 Å². The summed E-state index contributed by atoms with van der Waals surface area (Å²) in [5, 5.41) is 11.3. The maximum atomic E-state index is 11.6. The fraction of sp³-hybridized carbons (Fsp3) is 0.176. The van der Waals surface area contributed by atoms with Crippen LogP contribution in [0.4, 0.5) is 4.79 Å². The molecule has 106 valence electrons. The number of hydrogen-bond acceptors (Lipinski definition) is 3. The Balaban J connectivity index is 1.75. The van der Waals surface area contributed by atoms with E-state index in [0.717, 1.165) is 16.7 Å². The van der Waals surface area contributed by atoms with Crippen LogP contribution in [0.15, 0.2) is 54.6 Å². The van der Waals surface area contributed by atoms with Crippen LogP contribution in [0.2, 0.25) is 0 Å². The summed E-state index contributed by atoms with van der Waals surface area (Å²) in [5.41, 5.74) is 2.88. The Morgan fingerprint density at radius 2 is 1.67 bits per heavy atom. The van der Waals surface area contributed by atoms with Gasteiger partial charge in [-0.15, -0.1) is 0 Å². The van der Waals surface area contributed by atoms with E-state index in [1.807, 2.05) is 54.6 Å². The zero-order chi connectivity index (χ0) is 14.9. The molecule has 0 unspecified atom stereocenters. The molecule has 2 aromatic carbocycles. The number of nitriles is 1. The van der Waals surface area contributed by atoms with Crippen LogP contribution in [-0.2, 0) is 24.3 Å². The monoisotopic (exact) mass is 280 g/mol. The molecule has 1 N–H and O–H groups in total. The molecule has 0 saturated carbocycles. The summed E-state index contributed by atoms with van der Waals surface area (Å²) in [7, 11) is 0. The molecule has 0 bridgehead atoms. The summed E-state index contributed by atoms with van der Waals surface area (Å²) in [6, 6.07) is 19.2. The van der Waals surface area contributed by atoms with E-state index in [0.29, 0.717) is 13.0 Å². The summed E-state index contributed by atoms with van der Waals surface area (Å²) in [5.74, 6) is 0. The van der Waals surface area contributed by atoms with Gasteiger partial charge >= 0.3 is 6.09 Å². The summed E-state index contributed by atoms with van der Waals surface area (Å²) in [4.78, 5) is 11.6. The van der Waals surface area contributed by atoms with E-state index in [-0.39, 0.29) is 6.61 Å². The van der Waals surface area contributed by atoms with Crippen LogP contribution in [0.25, 0.3) is 0 Å². The Morgan fingerprint density at radius 3 is 2.33 bits per heavy atom. The SMILES string of the molecule is N#CCc1ccc(CNC(=O)OCc2ccccc2)cc1. The van der Waals surface area contributed by atoms with E-state index in [2.05, 4.69) is 11.4 Å². The van der Waals surface area contributed by atoms with Crippen molar-refractivity contribution >= 4 is 6.09 Å². The molecule has 0 radical (unpaired) electrons. The van der Waals surface area contributed by atoms with E-state index in [4.69, 9.17) is 10.00 Å². The minimum absolute atomic E-state index is 0.258. The topological polar surface area (TPSA) is 62.1 Å². The molecule has 0 saturated heterocycles. The van der Waals surface area contributed by atoms with Gasteiger partial charge in [0.15, 0.2) is 0 Å². The van der Waals surface area contributed by atoms with Gasteiger partial charge in [0.05, 0.1) is 12.5 Å². The first-order valence-electron chi connectivity index (χ1n) is 6.67. The lowest BCUT2D eigenvalue weighted by molar-refractivity contribution is 0.139. The van der Waals surface area contributed by atoms with Gasteiger partial charge in [0.1, 0.15) is 6.61 Å². The van der Waals surface area contributed by atoms with E-state index in [1.165, 1.54) is 0 Å². The third kappa shape index (κ3) is 5.00. The number of ether oxygens (including phenoxy) is 1. The van der Waals surface area contributed by atoms with Gasteiger partial charge in [-0.3, -0.25) is 0 Å². The first-order chi connectivity index (χ1) is 10.3. The third-order valence-electron chi connectivity index (χ3n) is 2.96. The molecular weight excluding hydrogens is 264 g/mol. The molecular formula is C17H16N2O2. The van der Waals surface area contributed by atoms with Gasteiger partial charge in [-0.25, -0.2) is 4.79 Å². The van der Waals surface area contributed by atoms with Gasteiger partial charge in [0.2, 0.25) is 0 Å². The van der Waals surface area contributed by atoms with E-state index >= 15 is 0 Å². The van der Waals surface area contributed by atoms with Crippen molar-refractivity contribution < 1.29 is 9.53 Å². The zero-order valence-corrected chi connectivity index (χ0v) is 11.6. The van der Waals surface area contributed by atoms with Crippen molar-refractivity contribution in [3.8, 4) is 6.07 Å². The van der Waals surface area contributed by atoms with Crippen LogP contribution in [0.3, 0.4) is 0 Å². The maximum Gasteiger partial charge on any atom is 0.407 e. The van der Waals surface area contributed by atoms with Gasteiger partial charge in [0.25, 0.3) is 0 Å². The second kappa shape index (κ2) is 7.71. The molecule has 0 fully saturated rings. The van der Waals surface area contributed by atoms with Crippen molar-refractivity contribution in [1.29, 1.82) is 5.26 Å². The van der Waals surface area contributed by atoms with Crippen LogP contribution < -0.4 is 5.32 Å². The summed E-state index contributed by atoms with van der Waals surface area (Å²) in [6.45, 7) is 0.661. The average molecular weight is 280 g/mol. The Kier molecular flexibility index (Phi) is 5.36. The van der Waals surface area contributed by atoms with Crippen LogP contribution >= 0.6 is 0 Å². The Hall–Kier alpha value is -2.80. The number of nitrogens with one attached hydrogen (secondary N) is 1. The van der Waals surface area contributed by atoms with E-state index in [1.54, 1.807) is 0 Å². The van der Waals surface area contributed by atoms with Crippen molar-refractivity contribution in [2.75, 3.05) is 0 Å². The largest absolute Gasteiger partial charge is 0.445 e. The Bertz CT molecular complexity index is 615. The molecule has 0 aliphatic heterocycles. The van der Waals surface area contributed by atoms with Gasteiger partial charge in [-0.05, 0) is 16.7 Å². The number of carbonyl (C=O) groups is 1. The molecule has 0 atom stereocenters. The molecule has 0 aromatic heterocycles. The minimum atomic E-state index is -0.444. The maximum absolute atomic E-state index is 11.6. The lowest BCUT2D eigenvalue weighted by atomic mass is 10.1. The number of hydrogen-bond donors (Lipinski definition) is 1. The molecule has 2 aromatic rings. The van der Waals surface area contributed by atoms with E-state index in [9.17, 15) is 4.79 Å². The number of benzene rings is 2. The minimum Gasteiger partial charge on any atom is -0.445 e. The number of alkyl carbamates (subject to hydrolysis) is 1. The second-order valence-corrected chi connectivity index (χ2v) is 4.57. The fourth-order valence-corrected chi connectivity index (χ4v) is 1.81. The highest BCUT2D eigenvalue weighted by atomic mass is 16.5. The van der Waals surface area contributed by atoms with Crippen molar-refractivity contribution in [2.24, 2.45) is 0 Å². The first-order valence-corrected chi connectivity index (χ1v) is 6.67. The highest BCUT2D eigenvalue weighted by Crippen LogP contribution is 2.05. The predicted octanol–water partition coefficient (Wildman–Crippen LogP) is 3.18. The van der Waals surface area contributed by atoms with Gasteiger partial charge in [0, 0.05) is 6.54 Å². The van der Waals surface area contributed by atoms with Crippen LogP contribution in [0.1, 0.15) is 16.7 Å². The predicted molar refractivity (Wildman–Crippen MR) is 79.2 cm³/mol. The standard InChI is InChI=1S/C17H16N2O2/c18-11-10-14-6-8-15(9-7-14)12-19-17(20)21-13-16-4-2-1-3-5-16/h1-9H,10,12-13H2,(H,19,20). The van der Waals surface area contributed by atoms with Crippen LogP contribution in [0.5, 0.6) is 0 Å². The number of nitrogens with zero attached hydrogens (tertiary/aromatic N) is 1. The third-order valence-corrected chi connectivity index (χ3v) is 2.96. The number of rotatable bonds is 5. The molecule has 4 heteroatoms. The molecule has 1 amide bonds. The highest BCUT2D eigenvalue weighted by Gasteiger charge is 2.02. The number of carbonyl (C=O) groups excluding carboxylic acids is 1. The van der Waals surface area contributed by atoms with Crippen molar-refractivity contribution in [3.05, 3.63) is 71.3 Å². The Labute approximate surface area is 124 Å². The normalized spacial score (nSPS) is 9.67.